The van der Waals surface area contributed by atoms with E-state index in [1.807, 2.05) is 36.8 Å². The Morgan fingerprint density at radius 1 is 0.786 bits per heavy atom. The predicted octanol–water partition coefficient (Wildman–Crippen LogP) is 7.00. The topological polar surface area (TPSA) is 144 Å². The van der Waals surface area contributed by atoms with E-state index in [9.17, 15) is 0 Å². The summed E-state index contributed by atoms with van der Waals surface area (Å²) < 4.78 is 0. The van der Waals surface area contributed by atoms with Crippen molar-refractivity contribution < 1.29 is 0 Å². The molecule has 9 N–H and O–H groups in total. The van der Waals surface area contributed by atoms with Crippen LogP contribution in [0.1, 0.15) is 142 Å². The zero-order valence-electron chi connectivity index (χ0n) is 27.5. The number of hydrazone groups is 1. The van der Waals surface area contributed by atoms with E-state index in [1.54, 1.807) is 5.01 Å². The van der Waals surface area contributed by atoms with E-state index in [0.29, 0.717) is 23.1 Å². The van der Waals surface area contributed by atoms with Crippen LogP contribution in [-0.4, -0.2) is 35.1 Å². The molecular formula is C34H62N8. The minimum Gasteiger partial charge on any atom is -0.397 e. The second-order valence-electron chi connectivity index (χ2n) is 11.5. The lowest BCUT2D eigenvalue weighted by molar-refractivity contribution is 0.261. The lowest BCUT2D eigenvalue weighted by Gasteiger charge is -2.25. The van der Waals surface area contributed by atoms with Gasteiger partial charge in [0.2, 0.25) is 0 Å². The van der Waals surface area contributed by atoms with Gasteiger partial charge in [-0.15, -0.1) is 0 Å². The monoisotopic (exact) mass is 583 g/mol. The van der Waals surface area contributed by atoms with E-state index in [-0.39, 0.29) is 12.1 Å². The molecule has 0 saturated heterocycles. The van der Waals surface area contributed by atoms with Gasteiger partial charge in [-0.2, -0.15) is 5.10 Å². The zero-order valence-corrected chi connectivity index (χ0v) is 27.5. The van der Waals surface area contributed by atoms with Crippen LogP contribution in [0, 0.1) is 0 Å². The van der Waals surface area contributed by atoms with Crippen LogP contribution in [0.4, 0.5) is 0 Å². The minimum atomic E-state index is 0.218. The maximum absolute atomic E-state index is 6.66. The molecule has 8 nitrogen and oxygen atoms in total. The van der Waals surface area contributed by atoms with E-state index in [2.05, 4.69) is 52.0 Å². The van der Waals surface area contributed by atoms with Gasteiger partial charge in [0.25, 0.3) is 0 Å². The van der Waals surface area contributed by atoms with Crippen molar-refractivity contribution in [2.45, 2.75) is 143 Å². The van der Waals surface area contributed by atoms with Crippen LogP contribution in [0.5, 0.6) is 0 Å². The summed E-state index contributed by atoms with van der Waals surface area (Å²) in [6.45, 7) is 13.1. The summed E-state index contributed by atoms with van der Waals surface area (Å²) in [6.07, 6.45) is 19.7. The van der Waals surface area contributed by atoms with Gasteiger partial charge in [-0.1, -0.05) is 86.5 Å². The minimum absolute atomic E-state index is 0.218. The molecule has 1 aromatic rings. The number of rotatable bonds is 22. The summed E-state index contributed by atoms with van der Waals surface area (Å²) in [4.78, 5) is 4.93. The van der Waals surface area contributed by atoms with Crippen LogP contribution >= 0.6 is 0 Å². The van der Waals surface area contributed by atoms with Crippen LogP contribution in [0.2, 0.25) is 0 Å². The molecule has 1 atom stereocenters. The average molecular weight is 583 g/mol. The van der Waals surface area contributed by atoms with Gasteiger partial charge in [0.15, 0.2) is 0 Å². The van der Waals surface area contributed by atoms with E-state index in [0.717, 1.165) is 100 Å². The number of unbranched alkanes of at least 4 members (excludes halogenated alkanes) is 2. The number of aliphatic imine (C=N–C) groups is 1. The molecule has 0 aliphatic rings. The number of benzene rings is 1. The lowest BCUT2D eigenvalue weighted by atomic mass is 9.99. The van der Waals surface area contributed by atoms with Gasteiger partial charge in [-0.05, 0) is 56.7 Å². The van der Waals surface area contributed by atoms with Crippen LogP contribution in [-0.2, 0) is 0 Å². The number of nitrogens with two attached hydrogens (primary N) is 4. The van der Waals surface area contributed by atoms with Crippen molar-refractivity contribution in [1.29, 1.82) is 0 Å². The Kier molecular flexibility index (Phi) is 19.1. The summed E-state index contributed by atoms with van der Waals surface area (Å²) in [7, 11) is 0. The van der Waals surface area contributed by atoms with E-state index >= 15 is 0 Å². The Balaban J connectivity index is 3.55. The molecule has 1 rings (SSSR count). The smallest absolute Gasteiger partial charge is 0.108 e. The molecule has 0 spiro atoms. The molecule has 8 heteroatoms. The Bertz CT molecular complexity index is 983. The Morgan fingerprint density at radius 2 is 1.33 bits per heavy atom. The van der Waals surface area contributed by atoms with Gasteiger partial charge in [0.1, 0.15) is 5.71 Å². The Labute approximate surface area is 257 Å². The Hall–Kier alpha value is -3.00. The first-order chi connectivity index (χ1) is 20.3. The number of hydrogen-bond donors (Lipinski definition) is 5. The summed E-state index contributed by atoms with van der Waals surface area (Å²) in [5.41, 5.74) is 17.6. The van der Waals surface area contributed by atoms with Gasteiger partial charge in [-0.3, -0.25) is 4.99 Å². The largest absolute Gasteiger partial charge is 0.397 e. The number of hydrogen-bond acceptors (Lipinski definition) is 8. The van der Waals surface area contributed by atoms with Crippen molar-refractivity contribution in [3.05, 3.63) is 47.3 Å². The highest BCUT2D eigenvalue weighted by Crippen LogP contribution is 2.21. The standard InChI is InChI=1S/C34H62N8/c1-7-13-18-30(19-14-8-2)40-24-34(41-37)28-21-26(32(35)23-39-29(15-9-3)16-10-4)20-27(22-28)33(36)25-42(38)31(12-6)17-11-5/h20-25,29-31,39H,7-19,35-38H2,1-6H3/b32-23-,33-25-,40-24?,41-34+. The van der Waals surface area contributed by atoms with Gasteiger partial charge >= 0.3 is 0 Å². The SMILES string of the molecule is CCCCC(CCCC)N=C/C(=N\N)c1cc(/C(N)=C/NC(CCC)CCC)cc(/C(N)=C/N(N)C(CC)CCC)c1. The molecule has 1 unspecified atom stereocenters. The third kappa shape index (κ3) is 13.3. The van der Waals surface area contributed by atoms with Crippen molar-refractivity contribution in [3.63, 3.8) is 0 Å². The normalized spacial score (nSPS) is 13.9. The fourth-order valence-electron chi connectivity index (χ4n) is 5.18. The first-order valence-corrected chi connectivity index (χ1v) is 16.5. The molecule has 1 aromatic carbocycles. The van der Waals surface area contributed by atoms with Crippen LogP contribution < -0.4 is 28.5 Å². The molecule has 0 aromatic heterocycles. The maximum atomic E-state index is 6.66. The van der Waals surface area contributed by atoms with Crippen LogP contribution in [0.3, 0.4) is 0 Å². The molecule has 0 amide bonds. The van der Waals surface area contributed by atoms with Gasteiger partial charge in [0, 0.05) is 47.4 Å². The molecule has 0 heterocycles. The third-order valence-corrected chi connectivity index (χ3v) is 7.78. The number of nitrogens with zero attached hydrogens (tertiary/aromatic N) is 3. The Morgan fingerprint density at radius 3 is 1.83 bits per heavy atom. The molecule has 0 radical (unpaired) electrons. The summed E-state index contributed by atoms with van der Waals surface area (Å²) in [5.74, 6) is 12.4. The fourth-order valence-corrected chi connectivity index (χ4v) is 5.18. The van der Waals surface area contributed by atoms with Gasteiger partial charge < -0.3 is 27.6 Å². The zero-order chi connectivity index (χ0) is 31.3. The molecule has 0 bridgehead atoms. The van der Waals surface area contributed by atoms with Crippen molar-refractivity contribution in [1.82, 2.24) is 10.3 Å². The number of nitrogens with one attached hydrogen (secondary N) is 1. The first-order valence-electron chi connectivity index (χ1n) is 16.5. The van der Waals surface area contributed by atoms with Crippen LogP contribution in [0.25, 0.3) is 11.4 Å². The van der Waals surface area contributed by atoms with Crippen molar-refractivity contribution in [2.24, 2.45) is 33.2 Å². The highest BCUT2D eigenvalue weighted by atomic mass is 15.4. The molecule has 0 saturated carbocycles. The van der Waals surface area contributed by atoms with Gasteiger partial charge in [-0.25, -0.2) is 5.84 Å². The molecule has 42 heavy (non-hydrogen) atoms. The van der Waals surface area contributed by atoms with E-state index in [1.165, 1.54) is 0 Å². The third-order valence-electron chi connectivity index (χ3n) is 7.78. The molecule has 0 aliphatic carbocycles. The summed E-state index contributed by atoms with van der Waals surface area (Å²) in [5, 5.41) is 9.41. The lowest BCUT2D eigenvalue weighted by Crippen LogP contribution is -2.36. The van der Waals surface area contributed by atoms with E-state index < -0.39 is 0 Å². The highest BCUT2D eigenvalue weighted by molar-refractivity contribution is 6.38. The second kappa shape index (κ2) is 21.7. The van der Waals surface area contributed by atoms with Crippen molar-refractivity contribution in [2.75, 3.05) is 0 Å². The van der Waals surface area contributed by atoms with Crippen LogP contribution in [0.15, 0.2) is 40.7 Å². The second-order valence-corrected chi connectivity index (χ2v) is 11.5. The van der Waals surface area contributed by atoms with Crippen molar-refractivity contribution in [3.8, 4) is 0 Å². The first kappa shape index (κ1) is 37.0. The fraction of sp³-hybridized carbons (Fsp3) is 0.647. The quantitative estimate of drug-likeness (QED) is 0.0566. The molecule has 0 aliphatic heterocycles. The van der Waals surface area contributed by atoms with Crippen molar-refractivity contribution >= 4 is 23.3 Å². The van der Waals surface area contributed by atoms with E-state index in [4.69, 9.17) is 28.1 Å². The number of hydrazine groups is 1. The highest BCUT2D eigenvalue weighted by Gasteiger charge is 2.14. The average Bonchev–Trinajstić information content (AvgIpc) is 2.99. The molecule has 0 fully saturated rings. The molecule has 238 valence electrons. The summed E-state index contributed by atoms with van der Waals surface area (Å²) in [6, 6.07) is 6.87. The predicted molar refractivity (Wildman–Crippen MR) is 185 cm³/mol. The summed E-state index contributed by atoms with van der Waals surface area (Å²) >= 11 is 0. The molecular weight excluding hydrogens is 520 g/mol. The maximum Gasteiger partial charge on any atom is 0.108 e. The van der Waals surface area contributed by atoms with Gasteiger partial charge in [0.05, 0.1) is 17.4 Å².